The lowest BCUT2D eigenvalue weighted by atomic mass is 10.1. The molecule has 0 saturated carbocycles. The maximum absolute atomic E-state index is 11.6. The summed E-state index contributed by atoms with van der Waals surface area (Å²) in [6.07, 6.45) is 0. The van der Waals surface area contributed by atoms with E-state index < -0.39 is 11.9 Å². The number of ether oxygens (including phenoxy) is 2. The van der Waals surface area contributed by atoms with Crippen LogP contribution in [0.3, 0.4) is 0 Å². The highest BCUT2D eigenvalue weighted by Crippen LogP contribution is 2.14. The predicted molar refractivity (Wildman–Crippen MR) is 61.0 cm³/mol. The van der Waals surface area contributed by atoms with E-state index in [9.17, 15) is 9.59 Å². The average Bonchev–Trinajstić information content (AvgIpc) is 2.28. The molecule has 0 aliphatic carbocycles. The van der Waals surface area contributed by atoms with Crippen LogP contribution in [0.2, 0.25) is 0 Å². The van der Waals surface area contributed by atoms with Gasteiger partial charge in [0.2, 0.25) is 0 Å². The van der Waals surface area contributed by atoms with Crippen molar-refractivity contribution in [3.63, 3.8) is 0 Å². The van der Waals surface area contributed by atoms with Crippen LogP contribution in [0, 0.1) is 13.8 Å². The minimum atomic E-state index is -0.513. The Kier molecular flexibility index (Phi) is 4.20. The maximum atomic E-state index is 11.6. The van der Waals surface area contributed by atoms with E-state index in [2.05, 4.69) is 9.72 Å². The molecule has 5 heteroatoms. The third kappa shape index (κ3) is 2.81. The molecule has 1 aromatic heterocycles. The molecule has 1 rings (SSSR count). The van der Waals surface area contributed by atoms with E-state index in [4.69, 9.17) is 4.74 Å². The fraction of sp³-hybridized carbons (Fsp3) is 0.417. The van der Waals surface area contributed by atoms with E-state index in [1.165, 1.54) is 13.2 Å². The Balaban J connectivity index is 3.23. The van der Waals surface area contributed by atoms with Crippen molar-refractivity contribution in [2.24, 2.45) is 0 Å². The number of carbonyl (C=O) groups excluding carboxylic acids is 2. The molecule has 0 aliphatic rings. The van der Waals surface area contributed by atoms with E-state index in [0.29, 0.717) is 11.4 Å². The molecule has 0 atom stereocenters. The molecule has 17 heavy (non-hydrogen) atoms. The van der Waals surface area contributed by atoms with E-state index in [0.717, 1.165) is 0 Å². The van der Waals surface area contributed by atoms with Crippen LogP contribution in [0.1, 0.15) is 39.0 Å². The van der Waals surface area contributed by atoms with Crippen LogP contribution in [-0.4, -0.2) is 30.6 Å². The van der Waals surface area contributed by atoms with Gasteiger partial charge >= 0.3 is 11.9 Å². The number of hydrogen-bond acceptors (Lipinski definition) is 5. The van der Waals surface area contributed by atoms with Gasteiger partial charge in [0.1, 0.15) is 0 Å². The molecule has 1 heterocycles. The van der Waals surface area contributed by atoms with Crippen molar-refractivity contribution in [3.8, 4) is 0 Å². The topological polar surface area (TPSA) is 65.5 Å². The average molecular weight is 237 g/mol. The highest BCUT2D eigenvalue weighted by atomic mass is 16.5. The van der Waals surface area contributed by atoms with Crippen LogP contribution in [0.5, 0.6) is 0 Å². The summed E-state index contributed by atoms with van der Waals surface area (Å²) < 4.78 is 9.51. The molecule has 0 bridgehead atoms. The van der Waals surface area contributed by atoms with Crippen molar-refractivity contribution < 1.29 is 19.1 Å². The van der Waals surface area contributed by atoms with Gasteiger partial charge in [-0.25, -0.2) is 9.59 Å². The van der Waals surface area contributed by atoms with Crippen molar-refractivity contribution in [1.29, 1.82) is 0 Å². The zero-order valence-corrected chi connectivity index (χ0v) is 10.4. The molecule has 1 aromatic rings. The van der Waals surface area contributed by atoms with Gasteiger partial charge in [-0.05, 0) is 26.8 Å². The van der Waals surface area contributed by atoms with Gasteiger partial charge in [-0.3, -0.25) is 4.98 Å². The SMILES string of the molecule is CCOC(=O)c1cc(C(=O)OC)c(C)nc1C. The molecule has 0 radical (unpaired) electrons. The minimum Gasteiger partial charge on any atom is -0.465 e. The zero-order chi connectivity index (χ0) is 13.0. The first kappa shape index (κ1) is 13.2. The zero-order valence-electron chi connectivity index (χ0n) is 10.4. The minimum absolute atomic E-state index is 0.277. The van der Waals surface area contributed by atoms with Crippen LogP contribution in [0.4, 0.5) is 0 Å². The standard InChI is InChI=1S/C12H15NO4/c1-5-17-12(15)10-6-9(11(14)16-4)7(2)13-8(10)3/h6H,5H2,1-4H3. The van der Waals surface area contributed by atoms with Crippen LogP contribution >= 0.6 is 0 Å². The second-order valence-electron chi connectivity index (χ2n) is 3.47. The summed E-state index contributed by atoms with van der Waals surface area (Å²) in [6, 6.07) is 1.46. The van der Waals surface area contributed by atoms with E-state index in [-0.39, 0.29) is 17.7 Å². The molecule has 92 valence electrons. The van der Waals surface area contributed by atoms with Crippen molar-refractivity contribution >= 4 is 11.9 Å². The van der Waals surface area contributed by atoms with Gasteiger partial charge in [0.25, 0.3) is 0 Å². The normalized spacial score (nSPS) is 9.88. The Morgan fingerprint density at radius 3 is 2.18 bits per heavy atom. The monoisotopic (exact) mass is 237 g/mol. The van der Waals surface area contributed by atoms with Crippen molar-refractivity contribution in [1.82, 2.24) is 4.98 Å². The summed E-state index contributed by atoms with van der Waals surface area (Å²) in [5.41, 5.74) is 1.63. The number of hydrogen-bond donors (Lipinski definition) is 0. The second-order valence-corrected chi connectivity index (χ2v) is 3.47. The smallest absolute Gasteiger partial charge is 0.339 e. The molecule has 0 aliphatic heterocycles. The fourth-order valence-corrected chi connectivity index (χ4v) is 1.46. The van der Waals surface area contributed by atoms with Crippen molar-refractivity contribution in [3.05, 3.63) is 28.6 Å². The molecule has 0 saturated heterocycles. The molecule has 0 amide bonds. The third-order valence-corrected chi connectivity index (χ3v) is 2.30. The van der Waals surface area contributed by atoms with E-state index >= 15 is 0 Å². The summed E-state index contributed by atoms with van der Waals surface area (Å²) in [4.78, 5) is 27.2. The molecule has 0 aromatic carbocycles. The van der Waals surface area contributed by atoms with Crippen LogP contribution in [0.25, 0.3) is 0 Å². The van der Waals surface area contributed by atoms with E-state index in [1.807, 2.05) is 0 Å². The maximum Gasteiger partial charge on any atom is 0.339 e. The highest BCUT2D eigenvalue weighted by molar-refractivity contribution is 5.96. The van der Waals surface area contributed by atoms with Gasteiger partial charge in [-0.1, -0.05) is 0 Å². The molecule has 0 unspecified atom stereocenters. The summed E-state index contributed by atoms with van der Waals surface area (Å²) in [7, 11) is 1.28. The molecular weight excluding hydrogens is 222 g/mol. The van der Waals surface area contributed by atoms with Gasteiger partial charge in [0.15, 0.2) is 0 Å². The van der Waals surface area contributed by atoms with E-state index in [1.54, 1.807) is 20.8 Å². The first-order chi connectivity index (χ1) is 8.01. The summed E-state index contributed by atoms with van der Waals surface area (Å²) in [5, 5.41) is 0. The summed E-state index contributed by atoms with van der Waals surface area (Å²) in [5.74, 6) is -0.997. The number of aromatic nitrogens is 1. The number of aryl methyl sites for hydroxylation is 2. The van der Waals surface area contributed by atoms with Crippen molar-refractivity contribution in [2.75, 3.05) is 13.7 Å². The lowest BCUT2D eigenvalue weighted by Gasteiger charge is -2.09. The highest BCUT2D eigenvalue weighted by Gasteiger charge is 2.18. The summed E-state index contributed by atoms with van der Waals surface area (Å²) in [6.45, 7) is 5.38. The Morgan fingerprint density at radius 1 is 1.18 bits per heavy atom. The Morgan fingerprint density at radius 2 is 1.71 bits per heavy atom. The van der Waals surface area contributed by atoms with Gasteiger partial charge in [0.05, 0.1) is 36.2 Å². The molecule has 0 spiro atoms. The quantitative estimate of drug-likeness (QED) is 0.748. The number of methoxy groups -OCH3 is 1. The number of rotatable bonds is 3. The predicted octanol–water partition coefficient (Wildman–Crippen LogP) is 1.66. The molecular formula is C12H15NO4. The largest absolute Gasteiger partial charge is 0.465 e. The molecule has 0 fully saturated rings. The van der Waals surface area contributed by atoms with Gasteiger partial charge in [-0.15, -0.1) is 0 Å². The van der Waals surface area contributed by atoms with Gasteiger partial charge in [0, 0.05) is 0 Å². The van der Waals surface area contributed by atoms with Crippen LogP contribution < -0.4 is 0 Å². The number of pyridine rings is 1. The Hall–Kier alpha value is -1.91. The third-order valence-electron chi connectivity index (χ3n) is 2.30. The van der Waals surface area contributed by atoms with Gasteiger partial charge < -0.3 is 9.47 Å². The lowest BCUT2D eigenvalue weighted by Crippen LogP contribution is -2.13. The lowest BCUT2D eigenvalue weighted by molar-refractivity contribution is 0.0525. The first-order valence-corrected chi connectivity index (χ1v) is 5.25. The molecule has 0 N–H and O–H groups in total. The summed E-state index contributed by atoms with van der Waals surface area (Å²) >= 11 is 0. The first-order valence-electron chi connectivity index (χ1n) is 5.25. The Bertz CT molecular complexity index is 454. The number of carbonyl (C=O) groups is 2. The van der Waals surface area contributed by atoms with Crippen LogP contribution in [-0.2, 0) is 9.47 Å². The number of nitrogens with zero attached hydrogens (tertiary/aromatic N) is 1. The van der Waals surface area contributed by atoms with Gasteiger partial charge in [-0.2, -0.15) is 0 Å². The van der Waals surface area contributed by atoms with Crippen molar-refractivity contribution in [2.45, 2.75) is 20.8 Å². The molecule has 5 nitrogen and oxygen atoms in total. The fourth-order valence-electron chi connectivity index (χ4n) is 1.46. The van der Waals surface area contributed by atoms with Crippen LogP contribution in [0.15, 0.2) is 6.07 Å². The Labute approximate surface area is 99.8 Å². The number of esters is 2. The second kappa shape index (κ2) is 5.43.